The van der Waals surface area contributed by atoms with Crippen LogP contribution in [0.3, 0.4) is 0 Å². The number of hydrogen-bond acceptors (Lipinski definition) is 4. The molecule has 1 rings (SSSR count). The quantitative estimate of drug-likeness (QED) is 0.626. The second-order valence-electron chi connectivity index (χ2n) is 3.77. The van der Waals surface area contributed by atoms with E-state index in [1.54, 1.807) is 6.92 Å². The molecule has 1 aromatic carbocycles. The first-order chi connectivity index (χ1) is 8.92. The highest BCUT2D eigenvalue weighted by molar-refractivity contribution is 5.95. The summed E-state index contributed by atoms with van der Waals surface area (Å²) in [4.78, 5) is 21.1. The molecule has 0 aliphatic heterocycles. The van der Waals surface area contributed by atoms with Gasteiger partial charge in [-0.25, -0.2) is 4.39 Å². The molecule has 0 heterocycles. The first-order valence-corrected chi connectivity index (χ1v) is 5.46. The van der Waals surface area contributed by atoms with E-state index in [0.717, 1.165) is 0 Å². The number of benzene rings is 1. The van der Waals surface area contributed by atoms with Crippen LogP contribution in [0.1, 0.15) is 23.7 Å². The van der Waals surface area contributed by atoms with Crippen molar-refractivity contribution in [3.8, 4) is 0 Å². The van der Waals surface area contributed by atoms with Crippen LogP contribution in [0.4, 0.5) is 14.5 Å². The Balaban J connectivity index is 3.15. The van der Waals surface area contributed by atoms with Gasteiger partial charge in [-0.05, 0) is 12.5 Å². The highest BCUT2D eigenvalue weighted by atomic mass is 19.1. The van der Waals surface area contributed by atoms with Gasteiger partial charge in [0.2, 0.25) is 5.82 Å². The molecular weight excluding hydrogens is 262 g/mol. The highest BCUT2D eigenvalue weighted by Gasteiger charge is 2.27. The minimum atomic E-state index is -1.53. The Kier molecular flexibility index (Phi) is 4.87. The predicted molar refractivity (Wildman–Crippen MR) is 61.6 cm³/mol. The second-order valence-corrected chi connectivity index (χ2v) is 3.77. The van der Waals surface area contributed by atoms with Crippen LogP contribution in [0.15, 0.2) is 12.1 Å². The third-order valence-electron chi connectivity index (χ3n) is 2.54. The Bertz CT molecular complexity index is 504. The van der Waals surface area contributed by atoms with Crippen molar-refractivity contribution in [3.63, 3.8) is 0 Å². The molecule has 1 aromatic rings. The second kappa shape index (κ2) is 6.19. The molecule has 2 N–H and O–H groups in total. The first-order valence-electron chi connectivity index (χ1n) is 5.46. The van der Waals surface area contributed by atoms with Gasteiger partial charge in [0, 0.05) is 6.07 Å². The molecule has 6 nitrogen and oxygen atoms in total. The van der Waals surface area contributed by atoms with Crippen molar-refractivity contribution in [2.75, 3.05) is 6.61 Å². The van der Waals surface area contributed by atoms with Gasteiger partial charge in [0.15, 0.2) is 0 Å². The summed E-state index contributed by atoms with van der Waals surface area (Å²) in [7, 11) is 0. The molecule has 0 radical (unpaired) electrons. The lowest BCUT2D eigenvalue weighted by Gasteiger charge is -2.14. The Hall–Kier alpha value is -2.09. The molecule has 0 bridgehead atoms. The molecule has 0 fully saturated rings. The van der Waals surface area contributed by atoms with Gasteiger partial charge in [0.05, 0.1) is 17.6 Å². The lowest BCUT2D eigenvalue weighted by Crippen LogP contribution is -2.37. The largest absolute Gasteiger partial charge is 0.394 e. The number of nitro groups is 1. The molecule has 104 valence electrons. The van der Waals surface area contributed by atoms with E-state index in [9.17, 15) is 23.7 Å². The molecule has 8 heteroatoms. The number of rotatable bonds is 5. The lowest BCUT2D eigenvalue weighted by atomic mass is 10.1. The zero-order valence-electron chi connectivity index (χ0n) is 10.0. The van der Waals surface area contributed by atoms with Crippen molar-refractivity contribution in [2.24, 2.45) is 0 Å². The van der Waals surface area contributed by atoms with Crippen LogP contribution in [0.2, 0.25) is 0 Å². The maximum atomic E-state index is 13.7. The van der Waals surface area contributed by atoms with E-state index in [4.69, 9.17) is 5.11 Å². The standard InChI is InChI=1S/C11H12F2N2O4/c1-2-6(5-16)14-11(17)9-7(12)3-4-8(10(9)13)15(18)19/h3-4,6,16H,2,5H2,1H3,(H,14,17)/t6-/m0/s1. The Morgan fingerprint density at radius 2 is 2.16 bits per heavy atom. The molecular formula is C11H12F2N2O4. The number of aliphatic hydroxyl groups is 1. The van der Waals surface area contributed by atoms with Crippen molar-refractivity contribution >= 4 is 11.6 Å². The zero-order valence-corrected chi connectivity index (χ0v) is 10.0. The number of aliphatic hydroxyl groups excluding tert-OH is 1. The van der Waals surface area contributed by atoms with Crippen molar-refractivity contribution < 1.29 is 23.6 Å². The normalized spacial score (nSPS) is 12.0. The van der Waals surface area contributed by atoms with Gasteiger partial charge < -0.3 is 10.4 Å². The van der Waals surface area contributed by atoms with Gasteiger partial charge in [0.1, 0.15) is 11.4 Å². The molecule has 0 aliphatic rings. The molecule has 0 aromatic heterocycles. The van der Waals surface area contributed by atoms with Crippen LogP contribution in [-0.2, 0) is 0 Å². The summed E-state index contributed by atoms with van der Waals surface area (Å²) in [5, 5.41) is 21.6. The molecule has 0 unspecified atom stereocenters. The van der Waals surface area contributed by atoms with E-state index < -0.39 is 46.4 Å². The first kappa shape index (κ1) is 15.0. The van der Waals surface area contributed by atoms with Gasteiger partial charge in [-0.1, -0.05) is 6.92 Å². The van der Waals surface area contributed by atoms with Gasteiger partial charge >= 0.3 is 5.69 Å². The van der Waals surface area contributed by atoms with Crippen LogP contribution in [0.25, 0.3) is 0 Å². The third-order valence-corrected chi connectivity index (χ3v) is 2.54. The highest BCUT2D eigenvalue weighted by Crippen LogP contribution is 2.23. The van der Waals surface area contributed by atoms with Gasteiger partial charge in [-0.15, -0.1) is 0 Å². The number of nitrogens with one attached hydrogen (secondary N) is 1. The number of hydrogen-bond donors (Lipinski definition) is 2. The fraction of sp³-hybridized carbons (Fsp3) is 0.364. The van der Waals surface area contributed by atoms with E-state index in [1.807, 2.05) is 0 Å². The maximum absolute atomic E-state index is 13.7. The van der Waals surface area contributed by atoms with Crippen molar-refractivity contribution in [1.82, 2.24) is 5.32 Å². The van der Waals surface area contributed by atoms with E-state index in [0.29, 0.717) is 18.6 Å². The monoisotopic (exact) mass is 274 g/mol. The molecule has 1 atom stereocenters. The maximum Gasteiger partial charge on any atom is 0.305 e. The van der Waals surface area contributed by atoms with Crippen LogP contribution < -0.4 is 5.32 Å². The molecule has 0 aliphatic carbocycles. The van der Waals surface area contributed by atoms with Crippen LogP contribution in [0, 0.1) is 21.7 Å². The van der Waals surface area contributed by atoms with Gasteiger partial charge in [-0.3, -0.25) is 14.9 Å². The Morgan fingerprint density at radius 1 is 1.53 bits per heavy atom. The van der Waals surface area contributed by atoms with Crippen LogP contribution >= 0.6 is 0 Å². The SMILES string of the molecule is CC[C@@H](CO)NC(=O)c1c(F)ccc([N+](=O)[O-])c1F. The third kappa shape index (κ3) is 3.22. The number of amides is 1. The van der Waals surface area contributed by atoms with Crippen molar-refractivity contribution in [3.05, 3.63) is 39.4 Å². The minimum absolute atomic E-state index is 0.348. The van der Waals surface area contributed by atoms with Gasteiger partial charge in [0.25, 0.3) is 5.91 Å². The zero-order chi connectivity index (χ0) is 14.6. The Labute approximate surface area is 107 Å². The molecule has 19 heavy (non-hydrogen) atoms. The summed E-state index contributed by atoms with van der Waals surface area (Å²) >= 11 is 0. The summed E-state index contributed by atoms with van der Waals surface area (Å²) in [6.07, 6.45) is 0.348. The lowest BCUT2D eigenvalue weighted by molar-refractivity contribution is -0.387. The average molecular weight is 274 g/mol. The summed E-state index contributed by atoms with van der Waals surface area (Å²) in [6, 6.07) is 0.617. The molecule has 0 saturated carbocycles. The van der Waals surface area contributed by atoms with E-state index in [2.05, 4.69) is 5.32 Å². The predicted octanol–water partition coefficient (Wildman–Crippen LogP) is 1.37. The summed E-state index contributed by atoms with van der Waals surface area (Å²) < 4.78 is 27.1. The number of carbonyl (C=O) groups is 1. The summed E-state index contributed by atoms with van der Waals surface area (Å²) in [6.45, 7) is 1.25. The molecule has 1 amide bonds. The summed E-state index contributed by atoms with van der Waals surface area (Å²) in [5.41, 5.74) is -2.01. The number of nitro benzene ring substituents is 1. The van der Waals surface area contributed by atoms with Crippen LogP contribution in [-0.4, -0.2) is 28.6 Å². The number of carbonyl (C=O) groups excluding carboxylic acids is 1. The summed E-state index contributed by atoms with van der Waals surface area (Å²) in [5.74, 6) is -3.87. The Morgan fingerprint density at radius 3 is 2.63 bits per heavy atom. The topological polar surface area (TPSA) is 92.5 Å². The molecule has 0 saturated heterocycles. The minimum Gasteiger partial charge on any atom is -0.394 e. The van der Waals surface area contributed by atoms with Crippen molar-refractivity contribution in [2.45, 2.75) is 19.4 Å². The van der Waals surface area contributed by atoms with E-state index >= 15 is 0 Å². The number of halogens is 2. The van der Waals surface area contributed by atoms with Crippen molar-refractivity contribution in [1.29, 1.82) is 0 Å². The van der Waals surface area contributed by atoms with Crippen LogP contribution in [0.5, 0.6) is 0 Å². The number of nitrogens with zero attached hydrogens (tertiary/aromatic N) is 1. The van der Waals surface area contributed by atoms with Gasteiger partial charge in [-0.2, -0.15) is 4.39 Å². The van der Waals surface area contributed by atoms with E-state index in [-0.39, 0.29) is 0 Å². The average Bonchev–Trinajstić information content (AvgIpc) is 2.35. The smallest absolute Gasteiger partial charge is 0.305 e. The fourth-order valence-corrected chi connectivity index (χ4v) is 1.43. The molecule has 0 spiro atoms. The fourth-order valence-electron chi connectivity index (χ4n) is 1.43. The van der Waals surface area contributed by atoms with E-state index in [1.165, 1.54) is 0 Å².